The molecule has 108 valence electrons. The number of para-hydroxylation sites is 1. The van der Waals surface area contributed by atoms with Gasteiger partial charge in [-0.3, -0.25) is 4.79 Å². The Morgan fingerprint density at radius 3 is 3.05 bits per heavy atom. The van der Waals surface area contributed by atoms with Crippen molar-refractivity contribution >= 4 is 5.91 Å². The van der Waals surface area contributed by atoms with Crippen molar-refractivity contribution in [3.8, 4) is 5.75 Å². The zero-order valence-electron chi connectivity index (χ0n) is 11.9. The lowest BCUT2D eigenvalue weighted by Crippen LogP contribution is -2.44. The quantitative estimate of drug-likeness (QED) is 0.865. The Kier molecular flexibility index (Phi) is 3.92. The van der Waals surface area contributed by atoms with Crippen LogP contribution >= 0.6 is 0 Å². The van der Waals surface area contributed by atoms with Crippen LogP contribution in [0.2, 0.25) is 0 Å². The summed E-state index contributed by atoms with van der Waals surface area (Å²) in [6.45, 7) is 4.67. The van der Waals surface area contributed by atoms with Crippen molar-refractivity contribution < 1.29 is 9.53 Å². The number of piperidine rings is 1. The highest BCUT2D eigenvalue weighted by atomic mass is 16.5. The van der Waals surface area contributed by atoms with E-state index < -0.39 is 0 Å². The zero-order valence-corrected chi connectivity index (χ0v) is 11.9. The van der Waals surface area contributed by atoms with Gasteiger partial charge in [-0.15, -0.1) is 0 Å². The Morgan fingerprint density at radius 1 is 1.35 bits per heavy atom. The van der Waals surface area contributed by atoms with Crippen molar-refractivity contribution in [2.24, 2.45) is 11.8 Å². The minimum Gasteiger partial charge on any atom is -0.493 e. The van der Waals surface area contributed by atoms with Crippen LogP contribution in [0, 0.1) is 11.8 Å². The van der Waals surface area contributed by atoms with Gasteiger partial charge in [-0.2, -0.15) is 0 Å². The average molecular weight is 274 g/mol. The Bertz CT molecular complexity index is 489. The van der Waals surface area contributed by atoms with E-state index in [1.165, 1.54) is 0 Å². The van der Waals surface area contributed by atoms with Crippen LogP contribution in [0.25, 0.3) is 0 Å². The number of fused-ring (bicyclic) bond motifs is 1. The summed E-state index contributed by atoms with van der Waals surface area (Å²) in [6.07, 6.45) is 1.82. The minimum atomic E-state index is 0.0877. The first-order valence-corrected chi connectivity index (χ1v) is 7.47. The highest BCUT2D eigenvalue weighted by Crippen LogP contribution is 2.32. The Hall–Kier alpha value is -1.55. The number of benzene rings is 1. The van der Waals surface area contributed by atoms with E-state index in [2.05, 4.69) is 17.6 Å². The predicted molar refractivity (Wildman–Crippen MR) is 77.6 cm³/mol. The van der Waals surface area contributed by atoms with Crippen LogP contribution in [0.3, 0.4) is 0 Å². The number of hydrogen-bond acceptors (Lipinski definition) is 3. The average Bonchev–Trinajstić information content (AvgIpc) is 2.47. The van der Waals surface area contributed by atoms with Crippen molar-refractivity contribution in [3.05, 3.63) is 29.8 Å². The van der Waals surface area contributed by atoms with E-state index >= 15 is 0 Å². The fourth-order valence-corrected chi connectivity index (χ4v) is 3.14. The van der Waals surface area contributed by atoms with Gasteiger partial charge in [-0.1, -0.05) is 25.1 Å². The number of hydrogen-bond donors (Lipinski definition) is 2. The minimum absolute atomic E-state index is 0.0877. The lowest BCUT2D eigenvalue weighted by atomic mass is 9.90. The first-order chi connectivity index (χ1) is 9.74. The van der Waals surface area contributed by atoms with Crippen LogP contribution in [0.4, 0.5) is 0 Å². The van der Waals surface area contributed by atoms with Gasteiger partial charge in [-0.05, 0) is 24.9 Å². The van der Waals surface area contributed by atoms with Crippen LogP contribution < -0.4 is 15.4 Å². The molecule has 2 aliphatic heterocycles. The van der Waals surface area contributed by atoms with Gasteiger partial charge in [0, 0.05) is 18.5 Å². The smallest absolute Gasteiger partial charge is 0.224 e. The maximum absolute atomic E-state index is 12.4. The second-order valence-electron chi connectivity index (χ2n) is 5.93. The molecule has 20 heavy (non-hydrogen) atoms. The van der Waals surface area contributed by atoms with Crippen molar-refractivity contribution in [1.82, 2.24) is 10.6 Å². The predicted octanol–water partition coefficient (Wildman–Crippen LogP) is 1.87. The van der Waals surface area contributed by atoms with Gasteiger partial charge in [0.25, 0.3) is 0 Å². The van der Waals surface area contributed by atoms with E-state index in [1.54, 1.807) is 0 Å². The lowest BCUT2D eigenvalue weighted by Gasteiger charge is -2.31. The van der Waals surface area contributed by atoms with E-state index in [9.17, 15) is 4.79 Å². The molecule has 1 saturated heterocycles. The molecular weight excluding hydrogens is 252 g/mol. The molecule has 3 unspecified atom stereocenters. The molecule has 2 heterocycles. The molecule has 1 amide bonds. The third kappa shape index (κ3) is 2.80. The normalized spacial score (nSPS) is 29.1. The standard InChI is InChI=1S/C16H22N2O2/c1-11-8-12(10-17-9-11)16(19)18-14-6-7-20-15-5-3-2-4-13(14)15/h2-5,11-12,14,17H,6-10H2,1H3,(H,18,19). The van der Waals surface area contributed by atoms with E-state index in [4.69, 9.17) is 4.74 Å². The van der Waals surface area contributed by atoms with Crippen molar-refractivity contribution in [1.29, 1.82) is 0 Å². The second-order valence-corrected chi connectivity index (χ2v) is 5.93. The van der Waals surface area contributed by atoms with E-state index in [-0.39, 0.29) is 17.9 Å². The summed E-state index contributed by atoms with van der Waals surface area (Å²) in [6, 6.07) is 8.07. The van der Waals surface area contributed by atoms with Gasteiger partial charge in [0.05, 0.1) is 18.6 Å². The molecule has 3 atom stereocenters. The fraction of sp³-hybridized carbons (Fsp3) is 0.562. The number of carbonyl (C=O) groups excluding carboxylic acids is 1. The fourth-order valence-electron chi connectivity index (χ4n) is 3.14. The molecule has 1 fully saturated rings. The van der Waals surface area contributed by atoms with Gasteiger partial charge < -0.3 is 15.4 Å². The van der Waals surface area contributed by atoms with Crippen molar-refractivity contribution in [2.75, 3.05) is 19.7 Å². The molecule has 0 bridgehead atoms. The molecule has 0 saturated carbocycles. The summed E-state index contributed by atoms with van der Waals surface area (Å²) in [7, 11) is 0. The third-order valence-corrected chi connectivity index (χ3v) is 4.22. The number of carbonyl (C=O) groups is 1. The number of nitrogens with one attached hydrogen (secondary N) is 2. The second kappa shape index (κ2) is 5.83. The number of rotatable bonds is 2. The molecule has 0 aromatic heterocycles. The molecule has 0 aliphatic carbocycles. The largest absolute Gasteiger partial charge is 0.493 e. The highest BCUT2D eigenvalue weighted by molar-refractivity contribution is 5.79. The topological polar surface area (TPSA) is 50.4 Å². The molecule has 4 nitrogen and oxygen atoms in total. The molecule has 2 aliphatic rings. The van der Waals surface area contributed by atoms with Crippen LogP contribution in [0.15, 0.2) is 24.3 Å². The van der Waals surface area contributed by atoms with Gasteiger partial charge in [0.1, 0.15) is 5.75 Å². The van der Waals surface area contributed by atoms with Gasteiger partial charge in [0.15, 0.2) is 0 Å². The van der Waals surface area contributed by atoms with E-state index in [0.29, 0.717) is 12.5 Å². The maximum Gasteiger partial charge on any atom is 0.224 e. The van der Waals surface area contributed by atoms with E-state index in [1.807, 2.05) is 24.3 Å². The number of ether oxygens (including phenoxy) is 1. The SMILES string of the molecule is CC1CNCC(C(=O)NC2CCOc3ccccc32)C1. The van der Waals surface area contributed by atoms with Crippen LogP contribution in [-0.4, -0.2) is 25.6 Å². The van der Waals surface area contributed by atoms with Crippen LogP contribution in [0.1, 0.15) is 31.4 Å². The summed E-state index contributed by atoms with van der Waals surface area (Å²) in [4.78, 5) is 12.4. The number of amides is 1. The first-order valence-electron chi connectivity index (χ1n) is 7.47. The zero-order chi connectivity index (χ0) is 13.9. The summed E-state index contributed by atoms with van der Waals surface area (Å²) in [5.74, 6) is 1.74. The molecule has 1 aromatic rings. The van der Waals surface area contributed by atoms with E-state index in [0.717, 1.165) is 37.2 Å². The summed E-state index contributed by atoms with van der Waals surface area (Å²) >= 11 is 0. The Labute approximate surface area is 119 Å². The van der Waals surface area contributed by atoms with Crippen molar-refractivity contribution in [3.63, 3.8) is 0 Å². The molecule has 4 heteroatoms. The monoisotopic (exact) mass is 274 g/mol. The van der Waals surface area contributed by atoms with Gasteiger partial charge >= 0.3 is 0 Å². The summed E-state index contributed by atoms with van der Waals surface area (Å²) in [5.41, 5.74) is 1.10. The Morgan fingerprint density at radius 2 is 2.20 bits per heavy atom. The highest BCUT2D eigenvalue weighted by Gasteiger charge is 2.28. The Balaban J connectivity index is 1.68. The van der Waals surface area contributed by atoms with Gasteiger partial charge in [-0.25, -0.2) is 0 Å². The molecular formula is C16H22N2O2. The maximum atomic E-state index is 12.4. The van der Waals surface area contributed by atoms with Crippen molar-refractivity contribution in [2.45, 2.75) is 25.8 Å². The van der Waals surface area contributed by atoms with Gasteiger partial charge in [0.2, 0.25) is 5.91 Å². The molecule has 0 radical (unpaired) electrons. The summed E-state index contributed by atoms with van der Waals surface area (Å²) in [5, 5.41) is 6.54. The molecule has 2 N–H and O–H groups in total. The van der Waals surface area contributed by atoms with Crippen LogP contribution in [0.5, 0.6) is 5.75 Å². The molecule has 0 spiro atoms. The molecule has 1 aromatic carbocycles. The lowest BCUT2D eigenvalue weighted by molar-refractivity contribution is -0.126. The summed E-state index contributed by atoms with van der Waals surface area (Å²) < 4.78 is 5.63. The third-order valence-electron chi connectivity index (χ3n) is 4.22. The van der Waals surface area contributed by atoms with Crippen LogP contribution in [-0.2, 0) is 4.79 Å². The first kappa shape index (κ1) is 13.4. The molecule has 3 rings (SSSR count).